The van der Waals surface area contributed by atoms with E-state index >= 15 is 0 Å². The van der Waals surface area contributed by atoms with Crippen molar-refractivity contribution >= 4 is 5.91 Å². The maximum absolute atomic E-state index is 12.6. The summed E-state index contributed by atoms with van der Waals surface area (Å²) in [6.45, 7) is 3.25. The Kier molecular flexibility index (Phi) is 4.02. The van der Waals surface area contributed by atoms with Crippen LogP contribution in [0.15, 0.2) is 60.7 Å². The zero-order valence-corrected chi connectivity index (χ0v) is 12.1. The monoisotopic (exact) mass is 281 g/mol. The smallest absolute Gasteiger partial charge is 0.254 e. The van der Waals surface area contributed by atoms with Crippen molar-refractivity contribution in [3.63, 3.8) is 0 Å². The van der Waals surface area contributed by atoms with Gasteiger partial charge in [0.25, 0.3) is 5.91 Å². The molecule has 1 aliphatic heterocycles. The number of ether oxygens (including phenoxy) is 1. The Morgan fingerprint density at radius 1 is 1.00 bits per heavy atom. The molecule has 0 aromatic heterocycles. The summed E-state index contributed by atoms with van der Waals surface area (Å²) in [4.78, 5) is 14.5. The van der Waals surface area contributed by atoms with E-state index in [1.165, 1.54) is 0 Å². The lowest BCUT2D eigenvalue weighted by Crippen LogP contribution is -2.45. The Morgan fingerprint density at radius 3 is 2.29 bits per heavy atom. The summed E-state index contributed by atoms with van der Waals surface area (Å²) in [5.74, 6) is 0.0756. The highest BCUT2D eigenvalue weighted by molar-refractivity contribution is 5.94. The van der Waals surface area contributed by atoms with Crippen LogP contribution in [0.1, 0.15) is 28.9 Å². The summed E-state index contributed by atoms with van der Waals surface area (Å²) in [7, 11) is 0. The molecule has 1 amide bonds. The van der Waals surface area contributed by atoms with Crippen molar-refractivity contribution in [2.45, 2.75) is 19.1 Å². The number of nitrogens with zero attached hydrogens (tertiary/aromatic N) is 1. The molecule has 0 radical (unpaired) electrons. The molecule has 1 heterocycles. The molecular weight excluding hydrogens is 262 g/mol. The first-order chi connectivity index (χ1) is 10.2. The quantitative estimate of drug-likeness (QED) is 0.845. The van der Waals surface area contributed by atoms with E-state index in [-0.39, 0.29) is 18.1 Å². The highest BCUT2D eigenvalue weighted by Crippen LogP contribution is 2.25. The highest BCUT2D eigenvalue weighted by atomic mass is 16.5. The molecule has 21 heavy (non-hydrogen) atoms. The zero-order chi connectivity index (χ0) is 14.7. The predicted molar refractivity (Wildman–Crippen MR) is 82.1 cm³/mol. The van der Waals surface area contributed by atoms with Gasteiger partial charge in [0, 0.05) is 12.1 Å². The number of carbonyl (C=O) groups excluding carboxylic acids is 1. The third-order valence-electron chi connectivity index (χ3n) is 3.74. The van der Waals surface area contributed by atoms with E-state index in [2.05, 4.69) is 0 Å². The van der Waals surface area contributed by atoms with Gasteiger partial charge in [0.05, 0.1) is 12.6 Å². The minimum Gasteiger partial charge on any atom is -0.367 e. The Hall–Kier alpha value is -2.13. The van der Waals surface area contributed by atoms with Gasteiger partial charge in [0.15, 0.2) is 0 Å². The number of morpholine rings is 1. The van der Waals surface area contributed by atoms with Gasteiger partial charge in [-0.1, -0.05) is 48.5 Å². The molecule has 0 N–H and O–H groups in total. The highest BCUT2D eigenvalue weighted by Gasteiger charge is 2.29. The molecule has 0 spiro atoms. The summed E-state index contributed by atoms with van der Waals surface area (Å²) in [6, 6.07) is 19.5. The Labute approximate surface area is 125 Å². The van der Waals surface area contributed by atoms with E-state index in [0.717, 1.165) is 11.1 Å². The molecule has 0 bridgehead atoms. The van der Waals surface area contributed by atoms with E-state index < -0.39 is 0 Å². The predicted octanol–water partition coefficient (Wildman–Crippen LogP) is 3.29. The summed E-state index contributed by atoms with van der Waals surface area (Å²) in [5.41, 5.74) is 1.85. The van der Waals surface area contributed by atoms with Crippen molar-refractivity contribution in [1.29, 1.82) is 0 Å². The van der Waals surface area contributed by atoms with E-state index in [1.54, 1.807) is 0 Å². The van der Waals surface area contributed by atoms with Gasteiger partial charge in [0.1, 0.15) is 6.10 Å². The Balaban J connectivity index is 1.79. The molecule has 2 aromatic carbocycles. The second kappa shape index (κ2) is 6.10. The largest absolute Gasteiger partial charge is 0.367 e. The Morgan fingerprint density at radius 2 is 1.62 bits per heavy atom. The minimum atomic E-state index is -0.0531. The van der Waals surface area contributed by atoms with Crippen molar-refractivity contribution in [3.05, 3.63) is 71.8 Å². The number of hydrogen-bond acceptors (Lipinski definition) is 2. The van der Waals surface area contributed by atoms with Gasteiger partial charge in [-0.05, 0) is 24.6 Å². The van der Waals surface area contributed by atoms with Crippen molar-refractivity contribution in [3.8, 4) is 0 Å². The van der Waals surface area contributed by atoms with Crippen LogP contribution in [0.2, 0.25) is 0 Å². The fraction of sp³-hybridized carbons (Fsp3) is 0.278. The van der Waals surface area contributed by atoms with Crippen LogP contribution in [0.5, 0.6) is 0 Å². The Bertz CT molecular complexity index is 597. The maximum atomic E-state index is 12.6. The summed E-state index contributed by atoms with van der Waals surface area (Å²) in [5, 5.41) is 0. The number of amides is 1. The van der Waals surface area contributed by atoms with Crippen LogP contribution in [-0.2, 0) is 4.74 Å². The van der Waals surface area contributed by atoms with E-state index in [1.807, 2.05) is 72.5 Å². The summed E-state index contributed by atoms with van der Waals surface area (Å²) < 4.78 is 5.99. The fourth-order valence-electron chi connectivity index (χ4n) is 2.73. The van der Waals surface area contributed by atoms with Crippen molar-refractivity contribution in [2.24, 2.45) is 0 Å². The van der Waals surface area contributed by atoms with E-state index in [4.69, 9.17) is 4.74 Å². The SMILES string of the molecule is CC1CN(C(=O)c2ccccc2)CC(c2ccccc2)O1. The molecule has 108 valence electrons. The molecule has 0 saturated carbocycles. The van der Waals surface area contributed by atoms with Crippen molar-refractivity contribution < 1.29 is 9.53 Å². The third kappa shape index (κ3) is 3.14. The molecule has 2 atom stereocenters. The van der Waals surface area contributed by atoms with E-state index in [0.29, 0.717) is 13.1 Å². The normalized spacial score (nSPS) is 22.0. The van der Waals surface area contributed by atoms with Crippen LogP contribution in [-0.4, -0.2) is 30.0 Å². The molecule has 3 heteroatoms. The molecule has 1 aliphatic rings. The van der Waals surface area contributed by atoms with Gasteiger partial charge in [-0.25, -0.2) is 0 Å². The lowest BCUT2D eigenvalue weighted by molar-refractivity contribution is -0.0691. The van der Waals surface area contributed by atoms with Gasteiger partial charge in [-0.2, -0.15) is 0 Å². The van der Waals surface area contributed by atoms with Crippen LogP contribution >= 0.6 is 0 Å². The van der Waals surface area contributed by atoms with Crippen molar-refractivity contribution in [2.75, 3.05) is 13.1 Å². The second-order valence-electron chi connectivity index (χ2n) is 5.42. The van der Waals surface area contributed by atoms with Gasteiger partial charge >= 0.3 is 0 Å². The van der Waals surface area contributed by atoms with Gasteiger partial charge in [-0.15, -0.1) is 0 Å². The van der Waals surface area contributed by atoms with Crippen LogP contribution in [0.25, 0.3) is 0 Å². The third-order valence-corrected chi connectivity index (χ3v) is 3.74. The average molecular weight is 281 g/mol. The second-order valence-corrected chi connectivity index (χ2v) is 5.42. The molecule has 1 fully saturated rings. The van der Waals surface area contributed by atoms with Gasteiger partial charge in [0.2, 0.25) is 0 Å². The number of rotatable bonds is 2. The molecule has 3 rings (SSSR count). The molecule has 2 aromatic rings. The lowest BCUT2D eigenvalue weighted by Gasteiger charge is -2.37. The first-order valence-corrected chi connectivity index (χ1v) is 7.29. The molecule has 2 unspecified atom stereocenters. The van der Waals surface area contributed by atoms with E-state index in [9.17, 15) is 4.79 Å². The standard InChI is InChI=1S/C18H19NO2/c1-14-12-19(18(20)16-10-6-3-7-11-16)13-17(21-14)15-8-4-2-5-9-15/h2-11,14,17H,12-13H2,1H3. The number of carbonyl (C=O) groups is 1. The lowest BCUT2D eigenvalue weighted by atomic mass is 10.1. The topological polar surface area (TPSA) is 29.5 Å². The number of hydrogen-bond donors (Lipinski definition) is 0. The molecule has 1 saturated heterocycles. The fourth-order valence-corrected chi connectivity index (χ4v) is 2.73. The van der Waals surface area contributed by atoms with Gasteiger partial charge < -0.3 is 9.64 Å². The van der Waals surface area contributed by atoms with Crippen LogP contribution < -0.4 is 0 Å². The van der Waals surface area contributed by atoms with Crippen molar-refractivity contribution in [1.82, 2.24) is 4.90 Å². The van der Waals surface area contributed by atoms with Gasteiger partial charge in [-0.3, -0.25) is 4.79 Å². The average Bonchev–Trinajstić information content (AvgIpc) is 2.55. The molecular formula is C18H19NO2. The summed E-state index contributed by atoms with van der Waals surface area (Å²) >= 11 is 0. The first kappa shape index (κ1) is 13.8. The minimum absolute atomic E-state index is 0.0385. The summed E-state index contributed by atoms with van der Waals surface area (Å²) in [6.07, 6.45) is -0.0146. The zero-order valence-electron chi connectivity index (χ0n) is 12.1. The van der Waals surface area contributed by atoms with Crippen LogP contribution in [0, 0.1) is 0 Å². The maximum Gasteiger partial charge on any atom is 0.254 e. The molecule has 0 aliphatic carbocycles. The van der Waals surface area contributed by atoms with Crippen LogP contribution in [0.3, 0.4) is 0 Å². The molecule has 3 nitrogen and oxygen atoms in total. The van der Waals surface area contributed by atoms with Crippen LogP contribution in [0.4, 0.5) is 0 Å². The number of benzene rings is 2. The first-order valence-electron chi connectivity index (χ1n) is 7.29.